The van der Waals surface area contributed by atoms with Crippen molar-refractivity contribution in [1.82, 2.24) is 18.7 Å². The Labute approximate surface area is 144 Å². The van der Waals surface area contributed by atoms with Gasteiger partial charge in [0, 0.05) is 0 Å². The van der Waals surface area contributed by atoms with Crippen molar-refractivity contribution in [3.63, 3.8) is 0 Å². The maximum absolute atomic E-state index is 3.38. The standard InChI is InChI=1S/C13H27N4P2.C5H5.Fe/c1-14(2)18(15(3)4)12-10-9-11-13(12)19(16(5)6)17(7)8;1-2-4-5-3-1;/h9-11H,1-8H3;1-5H;. The number of rotatable bonds is 6. The molecule has 0 radical (unpaired) electrons. The molecule has 10 aliphatic rings. The van der Waals surface area contributed by atoms with Crippen LogP contribution in [0.4, 0.5) is 0 Å². The van der Waals surface area contributed by atoms with Crippen LogP contribution in [-0.2, 0) is 6.51 Å². The minimum absolute atomic E-state index is 0.0971. The van der Waals surface area contributed by atoms with Gasteiger partial charge >= 0.3 is 145 Å². The molecule has 1 spiro atoms. The van der Waals surface area contributed by atoms with Gasteiger partial charge in [-0.05, 0) is 0 Å². The van der Waals surface area contributed by atoms with Crippen LogP contribution >= 0.6 is 16.4 Å². The predicted molar refractivity (Wildman–Crippen MR) is 104 cm³/mol. The first kappa shape index (κ1) is 13.4. The third-order valence-corrected chi connectivity index (χ3v) is 73.2. The van der Waals surface area contributed by atoms with E-state index < -0.39 is 6.51 Å². The van der Waals surface area contributed by atoms with Gasteiger partial charge in [-0.1, -0.05) is 0 Å². The third kappa shape index (κ3) is 0.207. The Balaban J connectivity index is 1.41. The Morgan fingerprint density at radius 2 is 0.800 bits per heavy atom. The summed E-state index contributed by atoms with van der Waals surface area (Å²) in [4.78, 5) is 11.0. The SMILES string of the molecule is CN(C)P(N(C)C)[C]12[CH]3[CH]4[CH]5[C]1(P(N(C)C)N(C)C)[Fe]43521678[CH]2[CH]1[CH]6[CH]7[CH]28. The predicted octanol–water partition coefficient (Wildman–Crippen LogP) is 4.06. The van der Waals surface area contributed by atoms with Gasteiger partial charge in [-0.3, -0.25) is 0 Å². The molecule has 0 aromatic carbocycles. The fourth-order valence-corrected chi connectivity index (χ4v) is 124. The van der Waals surface area contributed by atoms with E-state index in [1.165, 1.54) is 38.5 Å². The van der Waals surface area contributed by atoms with Crippen LogP contribution in [0.1, 0.15) is 0 Å². The van der Waals surface area contributed by atoms with E-state index in [2.05, 4.69) is 75.1 Å². The summed E-state index contributed by atoms with van der Waals surface area (Å²) in [5.74, 6) is 0. The number of hydrogen-bond donors (Lipinski definition) is 0. The first-order chi connectivity index (χ1) is 11.5. The summed E-state index contributed by atoms with van der Waals surface area (Å²) in [5, 5.41) is 0. The average Bonchev–Trinajstić information content (AvgIpc) is 3.40. The summed E-state index contributed by atoms with van der Waals surface area (Å²) in [7, 11) is 19.2. The third-order valence-electron chi connectivity index (χ3n) is 16.8. The van der Waals surface area contributed by atoms with E-state index in [-0.39, 0.29) is 16.4 Å². The molecule has 7 heteroatoms. The molecule has 0 aromatic rings. The second-order valence-corrected chi connectivity index (χ2v) is 43.4. The average molecular weight is 422 g/mol. The fraction of sp³-hybridized carbons (Fsp3) is 1.00. The van der Waals surface area contributed by atoms with Gasteiger partial charge in [0.2, 0.25) is 0 Å². The molecule has 142 valence electrons. The Morgan fingerprint density at radius 3 is 0.960 bits per heavy atom. The summed E-state index contributed by atoms with van der Waals surface area (Å²) in [6.45, 7) is -3.38. The molecule has 10 rings (SSSR count). The molecule has 10 heterocycles. The summed E-state index contributed by atoms with van der Waals surface area (Å²) in [5.41, 5.74) is 0. The molecule has 0 amide bonds. The molecule has 0 bridgehead atoms. The summed E-state index contributed by atoms with van der Waals surface area (Å²) in [6, 6.07) is 0. The Hall–Kier alpha value is 1.22. The van der Waals surface area contributed by atoms with E-state index in [0.29, 0.717) is 0 Å². The molecular weight excluding hydrogens is 390 g/mol. The second-order valence-electron chi connectivity index (χ2n) is 13.6. The quantitative estimate of drug-likeness (QED) is 0.473. The normalized spacial score (nSPS) is 89.4. The molecule has 0 N–H and O–H groups in total. The molecule has 10 fully saturated rings. The second kappa shape index (κ2) is 1.47. The molecule has 10 saturated heterocycles. The van der Waals surface area contributed by atoms with E-state index in [1.54, 1.807) is 0 Å². The van der Waals surface area contributed by atoms with Crippen LogP contribution in [-0.4, -0.2) is 83.2 Å². The monoisotopic (exact) mass is 422 g/mol. The molecule has 0 aromatic heterocycles. The van der Waals surface area contributed by atoms with E-state index in [1.807, 2.05) is 0 Å². The van der Waals surface area contributed by atoms with Gasteiger partial charge in [0.1, 0.15) is 0 Å². The minimum atomic E-state index is -3.38. The van der Waals surface area contributed by atoms with E-state index in [0.717, 1.165) is 8.11 Å². The zero-order valence-corrected chi connectivity index (χ0v) is 19.5. The topological polar surface area (TPSA) is 13.0 Å². The Morgan fingerprint density at radius 1 is 0.520 bits per heavy atom. The van der Waals surface area contributed by atoms with Crippen molar-refractivity contribution in [2.24, 2.45) is 0 Å². The van der Waals surface area contributed by atoms with Crippen molar-refractivity contribution in [3.05, 3.63) is 0 Å². The van der Waals surface area contributed by atoms with Gasteiger partial charge < -0.3 is 0 Å². The van der Waals surface area contributed by atoms with Crippen LogP contribution in [0.2, 0.25) is 38.5 Å². The molecule has 0 aliphatic carbocycles. The molecule has 4 atom stereocenters. The van der Waals surface area contributed by atoms with Gasteiger partial charge in [-0.15, -0.1) is 0 Å². The van der Waals surface area contributed by atoms with Crippen LogP contribution in [0.15, 0.2) is 0 Å². The molecule has 0 saturated carbocycles. The van der Waals surface area contributed by atoms with E-state index in [9.17, 15) is 0 Å². The van der Waals surface area contributed by atoms with Crippen LogP contribution in [0.3, 0.4) is 0 Å². The Bertz CT molecular complexity index is 1080. The molecule has 25 heavy (non-hydrogen) atoms. The first-order valence-corrected chi connectivity index (χ1v) is 18.7. The van der Waals surface area contributed by atoms with Crippen LogP contribution in [0.5, 0.6) is 0 Å². The van der Waals surface area contributed by atoms with Crippen LogP contribution in [0, 0.1) is 0 Å². The van der Waals surface area contributed by atoms with Crippen molar-refractivity contribution >= 4 is 16.4 Å². The zero-order chi connectivity index (χ0) is 17.4. The molecule has 10 aliphatic heterocycles. The number of fused-ring (bicyclic) bond motifs is 10. The summed E-state index contributed by atoms with van der Waals surface area (Å²) in [6.07, 6.45) is 0. The first-order valence-electron chi connectivity index (χ1n) is 9.97. The van der Waals surface area contributed by atoms with Gasteiger partial charge in [0.05, 0.1) is 0 Å². The number of hydrogen-bond acceptors (Lipinski definition) is 4. The fourth-order valence-electron chi connectivity index (χ4n) is 19.3. The van der Waals surface area contributed by atoms with Gasteiger partial charge in [0.25, 0.3) is 0 Å². The summed E-state index contributed by atoms with van der Waals surface area (Å²) < 4.78 is 12.7. The van der Waals surface area contributed by atoms with Crippen molar-refractivity contribution in [2.45, 2.75) is 46.6 Å². The van der Waals surface area contributed by atoms with E-state index >= 15 is 0 Å². The van der Waals surface area contributed by atoms with Crippen molar-refractivity contribution in [2.75, 3.05) is 56.4 Å². The van der Waals surface area contributed by atoms with Gasteiger partial charge in [-0.2, -0.15) is 0 Å². The van der Waals surface area contributed by atoms with Crippen LogP contribution in [0.25, 0.3) is 0 Å². The number of nitrogens with zero attached hydrogens (tertiary/aromatic N) is 4. The van der Waals surface area contributed by atoms with Gasteiger partial charge in [0.15, 0.2) is 0 Å². The molecule has 4 unspecified atom stereocenters. The molecular formula is C18H32FeN4P2. The van der Waals surface area contributed by atoms with Crippen molar-refractivity contribution in [3.8, 4) is 0 Å². The molecule has 4 nitrogen and oxygen atoms in total. The maximum atomic E-state index is 2.73. The van der Waals surface area contributed by atoms with E-state index in [4.69, 9.17) is 0 Å². The summed E-state index contributed by atoms with van der Waals surface area (Å²) >= 11 is 0. The van der Waals surface area contributed by atoms with Crippen molar-refractivity contribution in [1.29, 1.82) is 0 Å². The van der Waals surface area contributed by atoms with Gasteiger partial charge in [-0.25, -0.2) is 0 Å². The zero-order valence-electron chi connectivity index (χ0n) is 16.7. The Kier molecular flexibility index (Phi) is 0.792. The van der Waals surface area contributed by atoms with Crippen molar-refractivity contribution < 1.29 is 6.51 Å². The van der Waals surface area contributed by atoms with Crippen LogP contribution < -0.4 is 0 Å².